The summed E-state index contributed by atoms with van der Waals surface area (Å²) in [6.45, 7) is 17.3. The van der Waals surface area contributed by atoms with Crippen molar-refractivity contribution in [2.75, 3.05) is 0 Å². The Kier molecular flexibility index (Phi) is 8.18. The average molecular weight is 565 g/mol. The third-order valence-electron chi connectivity index (χ3n) is 8.51. The van der Waals surface area contributed by atoms with Crippen LogP contribution in [-0.2, 0) is 29.3 Å². The molecule has 5 rings (SSSR count). The number of aldehydes is 1. The number of rotatable bonds is 5. The molecule has 0 atom stereocenters. The number of hydrogen-bond donors (Lipinski definition) is 2. The van der Waals surface area contributed by atoms with E-state index in [0.717, 1.165) is 93.5 Å². The average Bonchev–Trinajstić information content (AvgIpc) is 3.57. The van der Waals surface area contributed by atoms with Crippen LogP contribution >= 0.6 is 0 Å². The fraction of sp³-hybridized carbons (Fsp3) is 0.364. The summed E-state index contributed by atoms with van der Waals surface area (Å²) in [4.78, 5) is 30.2. The minimum Gasteiger partial charge on any atom is -0.355 e. The van der Waals surface area contributed by atoms with Crippen molar-refractivity contribution in [3.8, 4) is 0 Å². The van der Waals surface area contributed by atoms with Crippen LogP contribution in [0.4, 0.5) is 0 Å². The molecule has 2 N–H and O–H groups in total. The molecule has 0 amide bonds. The summed E-state index contributed by atoms with van der Waals surface area (Å²) in [6, 6.07) is 6.52. The molecule has 5 heterocycles. The monoisotopic (exact) mass is 564 g/mol. The summed E-state index contributed by atoms with van der Waals surface area (Å²) in [5, 5.41) is 0. The van der Waals surface area contributed by atoms with E-state index >= 15 is 0 Å². The Hall–Kier alpha value is -3.24. The number of carbonyl (C=O) groups is 1. The van der Waals surface area contributed by atoms with Gasteiger partial charge >= 0.3 is 0 Å². The maximum absolute atomic E-state index is 12.7. The molecule has 0 aliphatic carbocycles. The Labute approximate surface area is 241 Å². The molecule has 39 heavy (non-hydrogen) atoms. The fourth-order valence-corrected chi connectivity index (χ4v) is 6.28. The number of nitrogens with one attached hydrogen (secondary N) is 2. The zero-order valence-corrected chi connectivity index (χ0v) is 25.2. The first kappa shape index (κ1) is 28.8. The van der Waals surface area contributed by atoms with Crippen molar-refractivity contribution >= 4 is 50.6 Å². The van der Waals surface area contributed by atoms with Gasteiger partial charge in [-0.25, -0.2) is 9.97 Å². The first-order valence-corrected chi connectivity index (χ1v) is 13.9. The van der Waals surface area contributed by atoms with Crippen LogP contribution in [0, 0.1) is 13.8 Å². The van der Waals surface area contributed by atoms with E-state index in [9.17, 15) is 4.79 Å². The van der Waals surface area contributed by atoms with Crippen LogP contribution < -0.4 is 0 Å². The second-order valence-electron chi connectivity index (χ2n) is 10.4. The number of allylic oxidation sites excluding steroid dienone is 4. The van der Waals surface area contributed by atoms with Crippen LogP contribution in [0.15, 0.2) is 18.2 Å². The molecule has 0 spiro atoms. The molecule has 206 valence electrons. The van der Waals surface area contributed by atoms with Crippen molar-refractivity contribution in [1.82, 2.24) is 19.9 Å². The van der Waals surface area contributed by atoms with Gasteiger partial charge in [-0.3, -0.25) is 4.79 Å². The predicted octanol–water partition coefficient (Wildman–Crippen LogP) is 8.55. The first-order valence-electron chi connectivity index (χ1n) is 13.9. The number of nitrogens with zero attached hydrogens (tertiary/aromatic N) is 2. The van der Waals surface area contributed by atoms with E-state index in [2.05, 4.69) is 83.6 Å². The van der Waals surface area contributed by atoms with Crippen LogP contribution in [0.3, 0.4) is 0 Å². The molecular weight excluding hydrogens is 527 g/mol. The molecule has 2 aliphatic rings. The second kappa shape index (κ2) is 11.1. The van der Waals surface area contributed by atoms with Gasteiger partial charge in [0.15, 0.2) is 6.29 Å². The van der Waals surface area contributed by atoms with Crippen molar-refractivity contribution in [3.63, 3.8) is 0 Å². The van der Waals surface area contributed by atoms with Crippen LogP contribution in [0.2, 0.25) is 0 Å². The molecule has 0 saturated carbocycles. The number of aromatic amines is 2. The normalized spacial score (nSPS) is 13.2. The van der Waals surface area contributed by atoms with E-state index < -0.39 is 0 Å². The van der Waals surface area contributed by atoms with Gasteiger partial charge in [-0.15, -0.1) is 0 Å². The number of H-pyrrole nitrogens is 2. The van der Waals surface area contributed by atoms with E-state index in [0.29, 0.717) is 5.56 Å². The van der Waals surface area contributed by atoms with Crippen molar-refractivity contribution in [1.29, 1.82) is 0 Å². The Morgan fingerprint density at radius 2 is 1.21 bits per heavy atom. The first-order chi connectivity index (χ1) is 18.3. The van der Waals surface area contributed by atoms with Gasteiger partial charge in [-0.2, -0.15) is 0 Å². The SMILES string of the molecule is CCC1=C(C)c2cc3[nH]c(cc4nc(c(C=O)c5[nH]c(cc1n2)c(C)c5CC)C(C)=C4CC)c(C)c3CC.[Ni]. The summed E-state index contributed by atoms with van der Waals surface area (Å²) in [5.74, 6) is 0. The summed E-state index contributed by atoms with van der Waals surface area (Å²) < 4.78 is 0. The minimum atomic E-state index is 0. The van der Waals surface area contributed by atoms with Crippen molar-refractivity contribution < 1.29 is 21.3 Å². The summed E-state index contributed by atoms with van der Waals surface area (Å²) in [7, 11) is 0. The molecule has 6 heteroatoms. The largest absolute Gasteiger partial charge is 0.355 e. The number of aromatic nitrogens is 4. The second-order valence-corrected chi connectivity index (χ2v) is 10.4. The molecular formula is C33H38N4NiO. The zero-order chi connectivity index (χ0) is 27.3. The van der Waals surface area contributed by atoms with Gasteiger partial charge in [-0.1, -0.05) is 27.7 Å². The van der Waals surface area contributed by atoms with Gasteiger partial charge in [0.1, 0.15) is 0 Å². The van der Waals surface area contributed by atoms with Crippen molar-refractivity contribution in [3.05, 3.63) is 68.8 Å². The number of carbonyl (C=O) groups excluding carboxylic acids is 1. The van der Waals surface area contributed by atoms with Gasteiger partial charge < -0.3 is 9.97 Å². The van der Waals surface area contributed by atoms with Crippen LogP contribution in [0.5, 0.6) is 0 Å². The molecule has 0 saturated heterocycles. The molecule has 8 bridgehead atoms. The van der Waals surface area contributed by atoms with E-state index in [1.807, 2.05) is 0 Å². The van der Waals surface area contributed by atoms with E-state index in [1.54, 1.807) is 0 Å². The third kappa shape index (κ3) is 4.53. The molecule has 0 unspecified atom stereocenters. The van der Waals surface area contributed by atoms with Gasteiger partial charge in [0.25, 0.3) is 0 Å². The van der Waals surface area contributed by atoms with E-state index in [-0.39, 0.29) is 16.5 Å². The van der Waals surface area contributed by atoms with Crippen LogP contribution in [0.25, 0.3) is 44.4 Å². The van der Waals surface area contributed by atoms with Gasteiger partial charge in [0.05, 0.1) is 33.9 Å². The van der Waals surface area contributed by atoms with Crippen LogP contribution in [-0.4, -0.2) is 26.2 Å². The molecule has 0 radical (unpaired) electrons. The van der Waals surface area contributed by atoms with Crippen molar-refractivity contribution in [2.45, 2.75) is 81.1 Å². The molecule has 0 aromatic carbocycles. The quantitative estimate of drug-likeness (QED) is 0.241. The zero-order valence-electron chi connectivity index (χ0n) is 24.3. The minimum absolute atomic E-state index is 0. The fourth-order valence-electron chi connectivity index (χ4n) is 6.28. The van der Waals surface area contributed by atoms with Gasteiger partial charge in [-0.05, 0) is 116 Å². The molecule has 2 aliphatic heterocycles. The van der Waals surface area contributed by atoms with Gasteiger partial charge in [0.2, 0.25) is 0 Å². The van der Waals surface area contributed by atoms with E-state index in [1.165, 1.54) is 27.8 Å². The van der Waals surface area contributed by atoms with Crippen LogP contribution in [0.1, 0.15) is 110 Å². The predicted molar refractivity (Wildman–Crippen MR) is 160 cm³/mol. The standard InChI is InChI=1S/C33H38N4O.Ni/c1-9-21-18(6)27-14-31-23(11-3)20(8)32(37-31)25(16-38)33-24(12-4)19(7)28(36-33)15-30-22(10-2)17(5)26(34-30)13-29(21)35-27;/h13-16,35-36H,9-12H2,1-8H3;. The number of aryl methyl sites for hydroxylation is 4. The summed E-state index contributed by atoms with van der Waals surface area (Å²) in [6.07, 6.45) is 4.46. The Morgan fingerprint density at radius 3 is 1.79 bits per heavy atom. The maximum Gasteiger partial charge on any atom is 0.154 e. The third-order valence-corrected chi connectivity index (χ3v) is 8.51. The smallest absolute Gasteiger partial charge is 0.154 e. The molecule has 3 aromatic heterocycles. The van der Waals surface area contributed by atoms with Gasteiger partial charge in [0, 0.05) is 33.0 Å². The summed E-state index contributed by atoms with van der Waals surface area (Å²) >= 11 is 0. The molecule has 5 nitrogen and oxygen atoms in total. The number of fused-ring (bicyclic) bond motifs is 8. The topological polar surface area (TPSA) is 74.4 Å². The Bertz CT molecular complexity index is 1720. The maximum atomic E-state index is 12.7. The Morgan fingerprint density at radius 1 is 0.667 bits per heavy atom. The molecule has 3 aromatic rings. The summed E-state index contributed by atoms with van der Waals surface area (Å²) in [5.41, 5.74) is 17.9. The molecule has 0 fully saturated rings. The van der Waals surface area contributed by atoms with E-state index in [4.69, 9.17) is 9.97 Å². The Balaban J connectivity index is 0.00000353. The number of hydrogen-bond acceptors (Lipinski definition) is 3. The van der Waals surface area contributed by atoms with Crippen molar-refractivity contribution in [2.24, 2.45) is 0 Å².